The Kier molecular flexibility index (Phi) is 6.43. The molecular weight excluding hydrogens is 446 g/mol. The van der Waals surface area contributed by atoms with E-state index >= 15 is 0 Å². The Balaban J connectivity index is 1.41. The summed E-state index contributed by atoms with van der Waals surface area (Å²) in [5.41, 5.74) is 0.920. The number of aliphatic hydroxyl groups excluding tert-OH is 1. The third-order valence-electron chi connectivity index (χ3n) is 6.73. The molecule has 2 fully saturated rings. The van der Waals surface area contributed by atoms with E-state index in [1.807, 2.05) is 6.92 Å². The van der Waals surface area contributed by atoms with Crippen molar-refractivity contribution in [2.75, 3.05) is 13.6 Å². The first-order valence-corrected chi connectivity index (χ1v) is 11.9. The Bertz CT molecular complexity index is 994. The Morgan fingerprint density at radius 1 is 1.30 bits per heavy atom. The average molecular weight is 476 g/mol. The van der Waals surface area contributed by atoms with Gasteiger partial charge in [0.1, 0.15) is 11.4 Å². The maximum absolute atomic E-state index is 12.9. The molecule has 0 spiro atoms. The van der Waals surface area contributed by atoms with Gasteiger partial charge in [0.25, 0.3) is 0 Å². The molecule has 10 heteroatoms. The highest BCUT2D eigenvalue weighted by molar-refractivity contribution is 8.03. The Morgan fingerprint density at radius 2 is 1.97 bits per heavy atom. The number of nitrogens with zero attached hydrogens (tertiary/aromatic N) is 2. The van der Waals surface area contributed by atoms with E-state index in [2.05, 4.69) is 5.32 Å². The summed E-state index contributed by atoms with van der Waals surface area (Å²) in [4.78, 5) is 41.0. The number of aliphatic carboxylic acids is 1. The van der Waals surface area contributed by atoms with Gasteiger partial charge in [0.05, 0.1) is 24.1 Å². The van der Waals surface area contributed by atoms with Crippen molar-refractivity contribution in [2.45, 2.75) is 50.3 Å². The fourth-order valence-electron chi connectivity index (χ4n) is 5.06. The number of hydrogen-bond donors (Lipinski definition) is 4. The molecule has 3 aliphatic heterocycles. The van der Waals surface area contributed by atoms with Crippen molar-refractivity contribution in [3.8, 4) is 5.75 Å². The summed E-state index contributed by atoms with van der Waals surface area (Å²) in [6.07, 6.45) is -0.287. The molecule has 2 saturated heterocycles. The average Bonchev–Trinajstić information content (AvgIpc) is 3.31. The van der Waals surface area contributed by atoms with Crippen LogP contribution in [0, 0.1) is 11.8 Å². The van der Waals surface area contributed by atoms with Crippen LogP contribution in [0.25, 0.3) is 0 Å². The normalized spacial score (nSPS) is 29.6. The first-order valence-electron chi connectivity index (χ1n) is 11.0. The van der Waals surface area contributed by atoms with E-state index < -0.39 is 18.0 Å². The molecule has 0 aromatic heterocycles. The summed E-state index contributed by atoms with van der Waals surface area (Å²) >= 11 is 1.42. The van der Waals surface area contributed by atoms with Crippen LogP contribution in [0.3, 0.4) is 0 Å². The molecule has 4 rings (SSSR count). The number of phenolic OH excluding ortho intramolecular Hbond substituents is 1. The zero-order valence-corrected chi connectivity index (χ0v) is 19.6. The predicted octanol–water partition coefficient (Wildman–Crippen LogP) is 0.968. The van der Waals surface area contributed by atoms with Crippen molar-refractivity contribution in [1.82, 2.24) is 15.1 Å². The Morgan fingerprint density at radius 3 is 2.58 bits per heavy atom. The smallest absolute Gasteiger partial charge is 0.353 e. The number of rotatable bonds is 7. The SMILES string of the molecule is C[C@@H](O)[C@H]1C(=O)N2C(C(=O)O)=C(S[C@@H]3CN[C@H](C(=O)N(C)Cc4ccc(O)cc4)C3)[C@H](C)[C@H]12. The fourth-order valence-corrected chi connectivity index (χ4v) is 6.54. The molecule has 0 aliphatic carbocycles. The van der Waals surface area contributed by atoms with Crippen LogP contribution in [-0.4, -0.2) is 79.9 Å². The molecule has 3 heterocycles. The van der Waals surface area contributed by atoms with Gasteiger partial charge >= 0.3 is 5.97 Å². The van der Waals surface area contributed by atoms with Gasteiger partial charge in [0.2, 0.25) is 11.8 Å². The van der Waals surface area contributed by atoms with E-state index in [0.717, 1.165) is 5.56 Å². The zero-order valence-electron chi connectivity index (χ0n) is 18.8. The van der Waals surface area contributed by atoms with Crippen molar-refractivity contribution < 1.29 is 29.7 Å². The lowest BCUT2D eigenvalue weighted by molar-refractivity contribution is -0.163. The van der Waals surface area contributed by atoms with Gasteiger partial charge in [-0.05, 0) is 31.0 Å². The third-order valence-corrected chi connectivity index (χ3v) is 8.24. The number of aromatic hydroxyl groups is 1. The summed E-state index contributed by atoms with van der Waals surface area (Å²) in [5.74, 6) is -2.14. The topological polar surface area (TPSA) is 130 Å². The number of carbonyl (C=O) groups is 3. The molecule has 1 aromatic rings. The first kappa shape index (κ1) is 23.6. The number of fused-ring (bicyclic) bond motifs is 1. The van der Waals surface area contributed by atoms with Crippen LogP contribution < -0.4 is 5.32 Å². The number of β-lactam (4-membered cyclic amide) rings is 1. The van der Waals surface area contributed by atoms with E-state index in [1.165, 1.54) is 16.7 Å². The highest BCUT2D eigenvalue weighted by Gasteiger charge is 2.60. The molecular formula is C23H29N3O6S. The third kappa shape index (κ3) is 4.22. The molecule has 178 valence electrons. The van der Waals surface area contributed by atoms with Gasteiger partial charge in [-0.25, -0.2) is 4.79 Å². The Labute approximate surface area is 196 Å². The van der Waals surface area contributed by atoms with E-state index in [-0.39, 0.29) is 46.5 Å². The van der Waals surface area contributed by atoms with E-state index in [1.54, 1.807) is 43.1 Å². The number of aliphatic hydroxyl groups is 1. The maximum atomic E-state index is 12.9. The monoisotopic (exact) mass is 475 g/mol. The summed E-state index contributed by atoms with van der Waals surface area (Å²) in [6, 6.07) is 5.99. The zero-order chi connectivity index (χ0) is 24.0. The minimum Gasteiger partial charge on any atom is -0.508 e. The van der Waals surface area contributed by atoms with Crippen LogP contribution in [0.5, 0.6) is 5.75 Å². The van der Waals surface area contributed by atoms with Crippen LogP contribution in [-0.2, 0) is 20.9 Å². The van der Waals surface area contributed by atoms with E-state index in [4.69, 9.17) is 0 Å². The highest BCUT2D eigenvalue weighted by Crippen LogP contribution is 2.51. The number of nitrogens with one attached hydrogen (secondary N) is 1. The first-order chi connectivity index (χ1) is 15.6. The lowest BCUT2D eigenvalue weighted by atomic mass is 9.79. The molecule has 6 atom stereocenters. The predicted molar refractivity (Wildman–Crippen MR) is 122 cm³/mol. The van der Waals surface area contributed by atoms with Crippen molar-refractivity contribution in [3.63, 3.8) is 0 Å². The summed E-state index contributed by atoms with van der Waals surface area (Å²) in [6.45, 7) is 4.42. The fraction of sp³-hybridized carbons (Fsp3) is 0.522. The molecule has 0 bridgehead atoms. The number of carbonyl (C=O) groups excluding carboxylic acids is 2. The molecule has 0 unspecified atom stereocenters. The lowest BCUT2D eigenvalue weighted by Crippen LogP contribution is -2.63. The van der Waals surface area contributed by atoms with Gasteiger partial charge in [-0.3, -0.25) is 9.59 Å². The summed E-state index contributed by atoms with van der Waals surface area (Å²) in [5, 5.41) is 32.4. The van der Waals surface area contributed by atoms with Gasteiger partial charge in [-0.2, -0.15) is 0 Å². The second kappa shape index (κ2) is 9.00. The van der Waals surface area contributed by atoms with Crippen molar-refractivity contribution in [2.24, 2.45) is 11.8 Å². The van der Waals surface area contributed by atoms with Crippen LogP contribution in [0.2, 0.25) is 0 Å². The number of amides is 2. The van der Waals surface area contributed by atoms with Gasteiger partial charge in [-0.15, -0.1) is 11.8 Å². The van der Waals surface area contributed by atoms with Gasteiger partial charge in [0, 0.05) is 36.2 Å². The molecule has 4 N–H and O–H groups in total. The summed E-state index contributed by atoms with van der Waals surface area (Å²) < 4.78 is 0. The van der Waals surface area contributed by atoms with Crippen LogP contribution >= 0.6 is 11.8 Å². The van der Waals surface area contributed by atoms with E-state index in [9.17, 15) is 29.7 Å². The number of phenols is 1. The highest BCUT2D eigenvalue weighted by atomic mass is 32.2. The largest absolute Gasteiger partial charge is 0.508 e. The molecule has 9 nitrogen and oxygen atoms in total. The number of carboxylic acids is 1. The summed E-state index contributed by atoms with van der Waals surface area (Å²) in [7, 11) is 1.73. The van der Waals surface area contributed by atoms with Crippen LogP contribution in [0.15, 0.2) is 34.9 Å². The van der Waals surface area contributed by atoms with E-state index in [0.29, 0.717) is 24.4 Å². The van der Waals surface area contributed by atoms with Gasteiger partial charge < -0.3 is 30.4 Å². The van der Waals surface area contributed by atoms with Crippen molar-refractivity contribution in [3.05, 3.63) is 40.4 Å². The quantitative estimate of drug-likeness (QED) is 0.429. The maximum Gasteiger partial charge on any atom is 0.353 e. The number of carboxylic acid groups (broad SMARTS) is 1. The number of benzene rings is 1. The molecule has 0 saturated carbocycles. The molecule has 2 amide bonds. The van der Waals surface area contributed by atoms with Crippen molar-refractivity contribution in [1.29, 1.82) is 0 Å². The standard InChI is InChI=1S/C23H29N3O6S/c1-11-18-17(12(2)27)22(30)26(18)19(23(31)32)20(11)33-15-8-16(24-9-15)21(29)25(3)10-13-4-6-14(28)7-5-13/h4-7,11-12,15-18,24,27-28H,8-10H2,1-3H3,(H,31,32)/t11-,12-,15+,16+,17-,18-/m1/s1. The number of thioether (sulfide) groups is 1. The molecule has 0 radical (unpaired) electrons. The van der Waals surface area contributed by atoms with Crippen LogP contribution in [0.1, 0.15) is 25.8 Å². The second-order valence-corrected chi connectivity index (χ2v) is 10.4. The van der Waals surface area contributed by atoms with Gasteiger partial charge in [0.15, 0.2) is 0 Å². The molecule has 1 aromatic carbocycles. The lowest BCUT2D eigenvalue weighted by Gasteiger charge is -2.46. The minimum atomic E-state index is -1.14. The number of likely N-dealkylation sites (N-methyl/N-ethyl adjacent to an activating group) is 1. The van der Waals surface area contributed by atoms with Crippen LogP contribution in [0.4, 0.5) is 0 Å². The number of hydrogen-bond acceptors (Lipinski definition) is 7. The Hall–Kier alpha value is -2.56. The van der Waals surface area contributed by atoms with Gasteiger partial charge in [-0.1, -0.05) is 19.1 Å². The van der Waals surface area contributed by atoms with Crippen molar-refractivity contribution >= 4 is 29.5 Å². The second-order valence-electron chi connectivity index (χ2n) is 9.07. The molecule has 3 aliphatic rings. The molecule has 33 heavy (non-hydrogen) atoms. The minimum absolute atomic E-state index is 0.00776.